The molecule has 3 heterocycles. The van der Waals surface area contributed by atoms with Gasteiger partial charge < -0.3 is 10.0 Å². The second-order valence-electron chi connectivity index (χ2n) is 7.24. The van der Waals surface area contributed by atoms with E-state index >= 15 is 4.39 Å². The number of rotatable bonds is 5. The lowest BCUT2D eigenvalue weighted by Gasteiger charge is -2.36. The number of nitrogens with zero attached hydrogens (tertiary/aromatic N) is 4. The minimum atomic E-state index is -4.56. The number of hydrogen-bond acceptors (Lipinski definition) is 6. The highest BCUT2D eigenvalue weighted by atomic mass is 19.4. The molecule has 0 aliphatic carbocycles. The number of piperidine rings is 1. The fraction of sp³-hybridized carbons (Fsp3) is 0.421. The highest BCUT2D eigenvalue weighted by molar-refractivity contribution is 5.88. The smallest absolute Gasteiger partial charge is 0.386 e. The van der Waals surface area contributed by atoms with Gasteiger partial charge in [0.2, 0.25) is 0 Å². The van der Waals surface area contributed by atoms with Crippen LogP contribution < -0.4 is 5.32 Å². The van der Waals surface area contributed by atoms with Gasteiger partial charge in [0.05, 0.1) is 5.56 Å². The number of carbonyl (C=O) groups is 1. The number of pyridine rings is 2. The molecule has 8 nitrogen and oxygen atoms in total. The molecule has 2 aromatic rings. The molecule has 1 fully saturated rings. The van der Waals surface area contributed by atoms with Crippen LogP contribution in [-0.2, 0) is 11.8 Å². The number of aliphatic hydroxyl groups is 1. The summed E-state index contributed by atoms with van der Waals surface area (Å²) in [6.45, 7) is -0.716. The lowest BCUT2D eigenvalue weighted by atomic mass is 9.89. The van der Waals surface area contributed by atoms with E-state index in [0.717, 1.165) is 24.4 Å². The lowest BCUT2D eigenvalue weighted by Crippen LogP contribution is -2.45. The Morgan fingerprint density at radius 1 is 1.25 bits per heavy atom. The van der Waals surface area contributed by atoms with Gasteiger partial charge in [-0.15, -0.1) is 0 Å². The van der Waals surface area contributed by atoms with Crippen molar-refractivity contribution in [1.82, 2.24) is 14.9 Å². The number of likely N-dealkylation sites (tertiary alicyclic amines) is 1. The third kappa shape index (κ3) is 5.15. The molecule has 2 N–H and O–H groups in total. The van der Waals surface area contributed by atoms with Gasteiger partial charge >= 0.3 is 12.2 Å². The van der Waals surface area contributed by atoms with E-state index in [-0.39, 0.29) is 37.3 Å². The molecule has 0 bridgehead atoms. The first-order valence-corrected chi connectivity index (χ1v) is 9.45. The van der Waals surface area contributed by atoms with Crippen LogP contribution in [0.1, 0.15) is 35.8 Å². The van der Waals surface area contributed by atoms with Gasteiger partial charge in [0.15, 0.2) is 5.67 Å². The first-order valence-electron chi connectivity index (χ1n) is 9.45. The van der Waals surface area contributed by atoms with Gasteiger partial charge in [0, 0.05) is 43.9 Å². The normalized spacial score (nSPS) is 17.0. The van der Waals surface area contributed by atoms with Crippen molar-refractivity contribution < 1.29 is 31.9 Å². The first kappa shape index (κ1) is 23.4. The Labute approximate surface area is 178 Å². The van der Waals surface area contributed by atoms with Crippen LogP contribution in [0.3, 0.4) is 0 Å². The Bertz CT molecular complexity index is 978. The Balaban J connectivity index is 1.62. The second kappa shape index (κ2) is 9.10. The van der Waals surface area contributed by atoms with Crippen LogP contribution >= 0.6 is 0 Å². The topological polar surface area (TPSA) is 108 Å². The zero-order chi connectivity index (χ0) is 23.5. The monoisotopic (exact) mass is 459 g/mol. The van der Waals surface area contributed by atoms with Gasteiger partial charge in [0.25, 0.3) is 0 Å². The number of hydrogen-bond donors (Lipinski definition) is 2. The molecule has 2 aromatic heterocycles. The van der Waals surface area contributed by atoms with Gasteiger partial charge in [-0.25, -0.2) is 18.6 Å². The Kier molecular flexibility index (Phi) is 6.67. The Morgan fingerprint density at radius 3 is 2.47 bits per heavy atom. The number of urea groups is 1. The van der Waals surface area contributed by atoms with Gasteiger partial charge in [-0.1, -0.05) is 5.18 Å². The molecule has 0 spiro atoms. The molecule has 32 heavy (non-hydrogen) atoms. The van der Waals surface area contributed by atoms with Gasteiger partial charge in [-0.3, -0.25) is 10.3 Å². The minimum Gasteiger partial charge on any atom is -0.386 e. The van der Waals surface area contributed by atoms with E-state index in [9.17, 15) is 32.4 Å². The van der Waals surface area contributed by atoms with E-state index in [1.807, 2.05) is 0 Å². The summed E-state index contributed by atoms with van der Waals surface area (Å²) in [5.41, 5.74) is -3.63. The van der Waals surface area contributed by atoms with Crippen molar-refractivity contribution in [1.29, 1.82) is 0 Å². The average molecular weight is 459 g/mol. The van der Waals surface area contributed by atoms with Gasteiger partial charge in [-0.05, 0) is 18.2 Å². The van der Waals surface area contributed by atoms with Crippen LogP contribution in [-0.4, -0.2) is 45.6 Å². The van der Waals surface area contributed by atoms with E-state index in [4.69, 9.17) is 0 Å². The number of alkyl halides is 4. The van der Waals surface area contributed by atoms with Crippen LogP contribution in [0.4, 0.5) is 32.6 Å². The number of amides is 2. The van der Waals surface area contributed by atoms with E-state index < -0.39 is 47.6 Å². The third-order valence-electron chi connectivity index (χ3n) is 5.09. The van der Waals surface area contributed by atoms with Crippen molar-refractivity contribution in [2.24, 2.45) is 5.18 Å². The number of halogens is 5. The molecule has 0 unspecified atom stereocenters. The zero-order valence-corrected chi connectivity index (χ0v) is 16.4. The molecule has 1 aliphatic rings. The number of carbonyl (C=O) groups excluding carboxylic acids is 1. The van der Waals surface area contributed by atoms with Crippen LogP contribution in [0.2, 0.25) is 0 Å². The predicted molar refractivity (Wildman–Crippen MR) is 102 cm³/mol. The van der Waals surface area contributed by atoms with Crippen molar-refractivity contribution in [3.05, 3.63) is 58.1 Å². The quantitative estimate of drug-likeness (QED) is 0.521. The molecule has 2 amide bonds. The highest BCUT2D eigenvalue weighted by Crippen LogP contribution is 2.38. The molecule has 13 heteroatoms. The SMILES string of the molecule is O=NC[C@H](O)c1cnc(C2(F)CCN(C(=O)Nc3ccc(C(F)(F)F)cn3)CC2)c(F)c1. The summed E-state index contributed by atoms with van der Waals surface area (Å²) >= 11 is 0. The van der Waals surface area contributed by atoms with E-state index in [1.165, 1.54) is 4.90 Å². The second-order valence-corrected chi connectivity index (χ2v) is 7.24. The molecule has 0 radical (unpaired) electrons. The highest BCUT2D eigenvalue weighted by Gasteiger charge is 2.41. The van der Waals surface area contributed by atoms with E-state index in [2.05, 4.69) is 20.5 Å². The summed E-state index contributed by atoms with van der Waals surface area (Å²) in [6.07, 6.45) is -4.82. The van der Waals surface area contributed by atoms with Crippen LogP contribution in [0.25, 0.3) is 0 Å². The first-order chi connectivity index (χ1) is 15.0. The van der Waals surface area contributed by atoms with Crippen LogP contribution in [0.5, 0.6) is 0 Å². The largest absolute Gasteiger partial charge is 0.417 e. The molecule has 1 aliphatic heterocycles. The van der Waals surface area contributed by atoms with Gasteiger partial charge in [0.1, 0.15) is 30.0 Å². The fourth-order valence-electron chi connectivity index (χ4n) is 3.27. The minimum absolute atomic E-state index is 0.0182. The van der Waals surface area contributed by atoms with E-state index in [0.29, 0.717) is 6.20 Å². The maximum absolute atomic E-state index is 15.4. The number of anilines is 1. The number of nitroso groups, excluding NO2 is 1. The zero-order valence-electron chi connectivity index (χ0n) is 16.4. The maximum Gasteiger partial charge on any atom is 0.417 e. The number of nitrogens with one attached hydrogen (secondary N) is 1. The van der Waals surface area contributed by atoms with Crippen molar-refractivity contribution in [3.63, 3.8) is 0 Å². The molecule has 1 saturated heterocycles. The van der Waals surface area contributed by atoms with Gasteiger partial charge in [-0.2, -0.15) is 18.1 Å². The summed E-state index contributed by atoms with van der Waals surface area (Å²) in [4.78, 5) is 31.1. The molecule has 0 saturated carbocycles. The Hall–Kier alpha value is -3.22. The van der Waals surface area contributed by atoms with Crippen molar-refractivity contribution in [3.8, 4) is 0 Å². The molecule has 3 rings (SSSR count). The average Bonchev–Trinajstić information content (AvgIpc) is 2.74. The molecular formula is C19H18F5N5O3. The van der Waals surface area contributed by atoms with Crippen LogP contribution in [0.15, 0.2) is 35.8 Å². The summed E-state index contributed by atoms with van der Waals surface area (Å²) < 4.78 is 67.5. The van der Waals surface area contributed by atoms with Crippen molar-refractivity contribution >= 4 is 11.8 Å². The summed E-state index contributed by atoms with van der Waals surface area (Å²) in [7, 11) is 0. The maximum atomic E-state index is 15.4. The molecule has 0 aromatic carbocycles. The standard InChI is InChI=1S/C19H18F5N5O3/c20-13-7-11(14(30)10-27-32)8-26-16(13)18(21)3-5-29(6-4-18)17(31)28-15-2-1-12(9-25-15)19(22,23)24/h1-2,7-9,14,30H,3-6,10H2,(H,25,28,31)/t14-/m0/s1. The van der Waals surface area contributed by atoms with Crippen molar-refractivity contribution in [2.75, 3.05) is 25.0 Å². The van der Waals surface area contributed by atoms with Crippen LogP contribution in [0, 0.1) is 10.7 Å². The molecule has 1 atom stereocenters. The summed E-state index contributed by atoms with van der Waals surface area (Å²) in [6, 6.07) is 1.97. The predicted octanol–water partition coefficient (Wildman–Crippen LogP) is 3.93. The Morgan fingerprint density at radius 2 is 1.94 bits per heavy atom. The molecular weight excluding hydrogens is 441 g/mol. The summed E-state index contributed by atoms with van der Waals surface area (Å²) in [5.74, 6) is -1.10. The molecule has 172 valence electrons. The number of aliphatic hydroxyl groups excluding tert-OH is 1. The fourth-order valence-corrected chi connectivity index (χ4v) is 3.27. The van der Waals surface area contributed by atoms with Crippen molar-refractivity contribution in [2.45, 2.75) is 30.8 Å². The van der Waals surface area contributed by atoms with E-state index in [1.54, 1.807) is 0 Å². The third-order valence-corrected chi connectivity index (χ3v) is 5.09. The number of aromatic nitrogens is 2. The summed E-state index contributed by atoms with van der Waals surface area (Å²) in [5, 5.41) is 14.5. The lowest BCUT2D eigenvalue weighted by molar-refractivity contribution is -0.137.